The molecular weight excluding hydrogens is 178 g/mol. The molecule has 4 nitrogen and oxygen atoms in total. The first-order chi connectivity index (χ1) is 6.65. The van der Waals surface area contributed by atoms with E-state index in [4.69, 9.17) is 4.74 Å². The molecule has 0 spiro atoms. The molecule has 0 saturated heterocycles. The van der Waals surface area contributed by atoms with Crippen molar-refractivity contribution in [1.29, 1.82) is 0 Å². The predicted molar refractivity (Wildman–Crippen MR) is 61.1 cm³/mol. The van der Waals surface area contributed by atoms with E-state index in [1.54, 1.807) is 13.1 Å². The normalized spacial score (nSPS) is 13.8. The Morgan fingerprint density at radius 1 is 1.43 bits per heavy atom. The van der Waals surface area contributed by atoms with Crippen molar-refractivity contribution in [2.45, 2.75) is 20.8 Å². The fraction of sp³-hybridized carbons (Fsp3) is 0.500. The van der Waals surface area contributed by atoms with Crippen LogP contribution in [0.25, 0.3) is 0 Å². The first-order valence-electron chi connectivity index (χ1n) is 4.45. The van der Waals surface area contributed by atoms with Crippen molar-refractivity contribution in [2.75, 3.05) is 7.11 Å². The first kappa shape index (κ1) is 12.6. The molecule has 0 aromatic carbocycles. The van der Waals surface area contributed by atoms with Crippen LogP contribution in [0.2, 0.25) is 0 Å². The fourth-order valence-electron chi connectivity index (χ4n) is 0.736. The van der Waals surface area contributed by atoms with Crippen LogP contribution in [0.15, 0.2) is 27.8 Å². The predicted octanol–water partition coefficient (Wildman–Crippen LogP) is 2.28. The molecule has 0 N–H and O–H groups in total. The van der Waals surface area contributed by atoms with Crippen molar-refractivity contribution >= 4 is 18.1 Å². The Kier molecular flexibility index (Phi) is 6.28. The van der Waals surface area contributed by atoms with E-state index in [0.29, 0.717) is 11.9 Å². The molecule has 0 saturated carbocycles. The third kappa shape index (κ3) is 4.54. The van der Waals surface area contributed by atoms with Crippen LogP contribution in [-0.4, -0.2) is 25.2 Å². The van der Waals surface area contributed by atoms with Gasteiger partial charge in [-0.15, -0.1) is 0 Å². The number of ether oxygens (including phenoxy) is 1. The molecule has 0 bridgehead atoms. The zero-order valence-corrected chi connectivity index (χ0v) is 9.19. The number of aliphatic imine (C=N–C) groups is 3. The second kappa shape index (κ2) is 7.00. The highest BCUT2D eigenvalue weighted by Gasteiger charge is 2.04. The Hall–Kier alpha value is -1.45. The van der Waals surface area contributed by atoms with Crippen LogP contribution in [0.3, 0.4) is 0 Å². The molecule has 4 heteroatoms. The Morgan fingerprint density at radius 2 is 2.07 bits per heavy atom. The minimum atomic E-state index is 0.213. The van der Waals surface area contributed by atoms with Gasteiger partial charge in [-0.2, -0.15) is 4.99 Å². The maximum absolute atomic E-state index is 4.95. The van der Waals surface area contributed by atoms with E-state index in [2.05, 4.69) is 21.6 Å². The Morgan fingerprint density at radius 3 is 2.43 bits per heavy atom. The second-order valence-corrected chi connectivity index (χ2v) is 2.81. The highest BCUT2D eigenvalue weighted by Crippen LogP contribution is 2.00. The summed E-state index contributed by atoms with van der Waals surface area (Å²) in [4.78, 5) is 12.1. The number of nitrogens with zero attached hydrogens (tertiary/aromatic N) is 3. The number of rotatable bonds is 2. The van der Waals surface area contributed by atoms with Crippen molar-refractivity contribution in [3.05, 3.63) is 12.8 Å². The summed E-state index contributed by atoms with van der Waals surface area (Å²) in [5, 5.41) is 0. The van der Waals surface area contributed by atoms with Crippen molar-refractivity contribution in [2.24, 2.45) is 20.9 Å². The Balaban J connectivity index is 4.85. The molecule has 0 heterocycles. The molecule has 0 aliphatic carbocycles. The highest BCUT2D eigenvalue weighted by atomic mass is 16.5. The number of hydrogen-bond acceptors (Lipinski definition) is 2. The molecule has 0 unspecified atom stereocenters. The molecule has 14 heavy (non-hydrogen) atoms. The summed E-state index contributed by atoms with van der Waals surface area (Å²) in [5.41, 5.74) is 0. The largest absolute Gasteiger partial charge is 0.467 e. The van der Waals surface area contributed by atoms with Gasteiger partial charge in [0.15, 0.2) is 0 Å². The SMILES string of the molecule is C=CN=C(N=C(N=CC)OC)C(C)C. The first-order valence-corrected chi connectivity index (χ1v) is 4.45. The van der Waals surface area contributed by atoms with Gasteiger partial charge in [0, 0.05) is 18.3 Å². The standard InChI is InChI=1S/C10H17N3O/c1-6-11-9(8(3)4)13-10(14-5)12-7-2/h6-8H,1H2,2-5H3. The van der Waals surface area contributed by atoms with Gasteiger partial charge in [-0.3, -0.25) is 0 Å². The highest BCUT2D eigenvalue weighted by molar-refractivity contribution is 5.97. The van der Waals surface area contributed by atoms with Crippen molar-refractivity contribution in [3.63, 3.8) is 0 Å². The van der Waals surface area contributed by atoms with E-state index >= 15 is 0 Å². The van der Waals surface area contributed by atoms with Crippen LogP contribution in [0.5, 0.6) is 0 Å². The third-order valence-electron chi connectivity index (χ3n) is 1.37. The second-order valence-electron chi connectivity index (χ2n) is 2.81. The van der Waals surface area contributed by atoms with Crippen molar-refractivity contribution in [1.82, 2.24) is 0 Å². The molecule has 0 aromatic rings. The quantitative estimate of drug-likeness (QED) is 0.492. The van der Waals surface area contributed by atoms with Crippen molar-refractivity contribution < 1.29 is 4.74 Å². The van der Waals surface area contributed by atoms with Gasteiger partial charge < -0.3 is 4.74 Å². The zero-order chi connectivity index (χ0) is 11.0. The summed E-state index contributed by atoms with van der Waals surface area (Å²) in [6.45, 7) is 9.32. The smallest absolute Gasteiger partial charge is 0.317 e. The molecule has 0 fully saturated rings. The Bertz CT molecular complexity index is 265. The monoisotopic (exact) mass is 195 g/mol. The molecular formula is C10H17N3O. The molecule has 0 aromatic heterocycles. The van der Waals surface area contributed by atoms with Gasteiger partial charge in [-0.1, -0.05) is 20.4 Å². The number of amidine groups is 2. The summed E-state index contributed by atoms with van der Waals surface area (Å²) in [7, 11) is 1.53. The van der Waals surface area contributed by atoms with Gasteiger partial charge in [0.2, 0.25) is 0 Å². The van der Waals surface area contributed by atoms with Crippen LogP contribution >= 0.6 is 0 Å². The fourth-order valence-corrected chi connectivity index (χ4v) is 0.736. The molecule has 0 aliphatic rings. The lowest BCUT2D eigenvalue weighted by Gasteiger charge is -2.04. The van der Waals surface area contributed by atoms with Crippen molar-refractivity contribution in [3.8, 4) is 0 Å². The van der Waals surface area contributed by atoms with Gasteiger partial charge in [0.25, 0.3) is 0 Å². The Labute approximate surface area is 85.1 Å². The summed E-state index contributed by atoms with van der Waals surface area (Å²) >= 11 is 0. The van der Waals surface area contributed by atoms with E-state index in [9.17, 15) is 0 Å². The average Bonchev–Trinajstić information content (AvgIpc) is 2.15. The lowest BCUT2D eigenvalue weighted by atomic mass is 10.2. The molecule has 0 atom stereocenters. The third-order valence-corrected chi connectivity index (χ3v) is 1.37. The van der Waals surface area contributed by atoms with Crippen LogP contribution in [0.4, 0.5) is 0 Å². The minimum absolute atomic E-state index is 0.213. The maximum Gasteiger partial charge on any atom is 0.317 e. The number of hydrogen-bond donors (Lipinski definition) is 0. The maximum atomic E-state index is 4.95. The van der Waals surface area contributed by atoms with Crippen LogP contribution in [0.1, 0.15) is 20.8 Å². The topological polar surface area (TPSA) is 46.3 Å². The van der Waals surface area contributed by atoms with Crippen LogP contribution < -0.4 is 0 Å². The number of methoxy groups -OCH3 is 1. The molecule has 0 rings (SSSR count). The van der Waals surface area contributed by atoms with E-state index < -0.39 is 0 Å². The van der Waals surface area contributed by atoms with Crippen LogP contribution in [0, 0.1) is 5.92 Å². The van der Waals surface area contributed by atoms with E-state index in [-0.39, 0.29) is 5.92 Å². The van der Waals surface area contributed by atoms with E-state index in [1.807, 2.05) is 13.8 Å². The molecule has 0 aliphatic heterocycles. The summed E-state index contributed by atoms with van der Waals surface area (Å²) < 4.78 is 4.95. The van der Waals surface area contributed by atoms with Gasteiger partial charge >= 0.3 is 6.02 Å². The van der Waals surface area contributed by atoms with Gasteiger partial charge in [-0.05, 0) is 6.92 Å². The molecule has 78 valence electrons. The van der Waals surface area contributed by atoms with Crippen LogP contribution in [-0.2, 0) is 4.74 Å². The van der Waals surface area contributed by atoms with Gasteiger partial charge in [0.1, 0.15) is 5.84 Å². The molecule has 0 amide bonds. The average molecular weight is 195 g/mol. The summed E-state index contributed by atoms with van der Waals surface area (Å²) in [6.07, 6.45) is 3.08. The van der Waals surface area contributed by atoms with E-state index in [0.717, 1.165) is 0 Å². The van der Waals surface area contributed by atoms with Gasteiger partial charge in [0.05, 0.1) is 7.11 Å². The summed E-state index contributed by atoms with van der Waals surface area (Å²) in [6, 6.07) is 0.307. The molecule has 0 radical (unpaired) electrons. The minimum Gasteiger partial charge on any atom is -0.467 e. The van der Waals surface area contributed by atoms with E-state index in [1.165, 1.54) is 13.3 Å². The lowest BCUT2D eigenvalue weighted by Crippen LogP contribution is -2.09. The van der Waals surface area contributed by atoms with Gasteiger partial charge in [-0.25, -0.2) is 9.98 Å². The zero-order valence-electron chi connectivity index (χ0n) is 9.19. The summed E-state index contributed by atoms with van der Waals surface area (Å²) in [5.74, 6) is 0.868. The lowest BCUT2D eigenvalue weighted by molar-refractivity contribution is 0.398.